The van der Waals surface area contributed by atoms with Gasteiger partial charge >= 0.3 is 5.97 Å². The van der Waals surface area contributed by atoms with Gasteiger partial charge in [-0.15, -0.1) is 0 Å². The van der Waals surface area contributed by atoms with E-state index in [0.717, 1.165) is 5.57 Å². The minimum atomic E-state index is -2.27. The maximum atomic E-state index is 12.2. The van der Waals surface area contributed by atoms with E-state index in [1.165, 1.54) is 6.08 Å². The molecule has 0 spiro atoms. The Morgan fingerprint density at radius 3 is 2.68 bits per heavy atom. The lowest BCUT2D eigenvalue weighted by molar-refractivity contribution is -0.160. The van der Waals surface area contributed by atoms with Crippen molar-refractivity contribution in [3.63, 3.8) is 0 Å². The molecule has 0 aromatic carbocycles. The highest BCUT2D eigenvalue weighted by Gasteiger charge is 2.56. The number of cyclic esters (lactones) is 1. The molecule has 0 amide bonds. The number of hydrogen-bond acceptors (Lipinski definition) is 6. The van der Waals surface area contributed by atoms with E-state index in [1.807, 2.05) is 13.8 Å². The number of aliphatic hydroxyl groups is 2. The number of ketones is 1. The molecule has 2 aliphatic heterocycles. The van der Waals surface area contributed by atoms with E-state index in [0.29, 0.717) is 6.42 Å². The molecule has 4 atom stereocenters. The second-order valence-electron chi connectivity index (χ2n) is 4.94. The van der Waals surface area contributed by atoms with Gasteiger partial charge in [-0.2, -0.15) is 0 Å². The standard InChI is InChI=1S/C13H18O6/c1-3-8(11-7(2)19-11)4-10(15)13(17)9(5-14)6-18-12(13)16/h4,7,9,11,14,17H,3,5-6H2,1-2H3/b8-4+/t7?,9-,11?,13+/m1/s1. The van der Waals surface area contributed by atoms with Gasteiger partial charge in [-0.05, 0) is 25.0 Å². The molecular weight excluding hydrogens is 252 g/mol. The van der Waals surface area contributed by atoms with E-state index in [-0.39, 0.29) is 18.8 Å². The van der Waals surface area contributed by atoms with Crippen LogP contribution in [0, 0.1) is 5.92 Å². The first-order valence-corrected chi connectivity index (χ1v) is 6.35. The molecule has 2 saturated heterocycles. The Hall–Kier alpha value is -1.24. The van der Waals surface area contributed by atoms with Crippen LogP contribution < -0.4 is 0 Å². The molecule has 0 aromatic heterocycles. The molecule has 19 heavy (non-hydrogen) atoms. The highest BCUT2D eigenvalue weighted by atomic mass is 16.6. The van der Waals surface area contributed by atoms with Crippen LogP contribution in [0.5, 0.6) is 0 Å². The monoisotopic (exact) mass is 270 g/mol. The van der Waals surface area contributed by atoms with Crippen molar-refractivity contribution in [2.45, 2.75) is 38.1 Å². The first kappa shape index (κ1) is 14.2. The van der Waals surface area contributed by atoms with E-state index >= 15 is 0 Å². The quantitative estimate of drug-likeness (QED) is 0.305. The maximum Gasteiger partial charge on any atom is 0.346 e. The fourth-order valence-electron chi connectivity index (χ4n) is 2.30. The van der Waals surface area contributed by atoms with Crippen molar-refractivity contribution in [1.82, 2.24) is 0 Å². The SMILES string of the molecule is CC/C(=C\C(=O)[C@]1(O)C(=O)OC[C@H]1CO)C1OC1C. The number of hydrogen-bond donors (Lipinski definition) is 2. The number of aliphatic hydroxyl groups excluding tert-OH is 1. The van der Waals surface area contributed by atoms with Crippen LogP contribution in [-0.4, -0.2) is 53.0 Å². The largest absolute Gasteiger partial charge is 0.463 e. The number of carbonyl (C=O) groups excluding carboxylic acids is 2. The van der Waals surface area contributed by atoms with Gasteiger partial charge in [0.2, 0.25) is 5.60 Å². The molecule has 6 heteroatoms. The van der Waals surface area contributed by atoms with Crippen LogP contribution in [0.15, 0.2) is 11.6 Å². The smallest absolute Gasteiger partial charge is 0.346 e. The topological polar surface area (TPSA) is 96.4 Å². The molecule has 0 aromatic rings. The predicted molar refractivity (Wildman–Crippen MR) is 64.2 cm³/mol. The number of carbonyl (C=O) groups is 2. The lowest BCUT2D eigenvalue weighted by Gasteiger charge is -2.20. The van der Waals surface area contributed by atoms with Gasteiger partial charge in [0, 0.05) is 0 Å². The molecule has 106 valence electrons. The van der Waals surface area contributed by atoms with Crippen LogP contribution in [0.3, 0.4) is 0 Å². The lowest BCUT2D eigenvalue weighted by atomic mass is 9.85. The summed E-state index contributed by atoms with van der Waals surface area (Å²) < 4.78 is 9.95. The van der Waals surface area contributed by atoms with Crippen molar-refractivity contribution >= 4 is 11.8 Å². The Morgan fingerprint density at radius 2 is 2.21 bits per heavy atom. The second-order valence-corrected chi connectivity index (χ2v) is 4.94. The Labute approximate surface area is 111 Å². The molecular formula is C13H18O6. The second kappa shape index (κ2) is 5.03. The number of rotatable bonds is 5. The molecule has 0 bridgehead atoms. The molecule has 0 aliphatic carbocycles. The molecule has 2 heterocycles. The molecule has 0 radical (unpaired) electrons. The number of ether oxygens (including phenoxy) is 2. The normalized spacial score (nSPS) is 38.2. The van der Waals surface area contributed by atoms with Crippen LogP contribution in [0.2, 0.25) is 0 Å². The van der Waals surface area contributed by atoms with Gasteiger partial charge in [-0.25, -0.2) is 4.79 Å². The van der Waals surface area contributed by atoms with E-state index in [1.54, 1.807) is 0 Å². The third kappa shape index (κ3) is 2.31. The minimum absolute atomic E-state index is 0.0535. The average molecular weight is 270 g/mol. The molecule has 2 aliphatic rings. The molecule has 0 saturated carbocycles. The molecule has 2 rings (SSSR count). The lowest BCUT2D eigenvalue weighted by Crippen LogP contribution is -2.49. The van der Waals surface area contributed by atoms with Gasteiger partial charge in [-0.3, -0.25) is 4.79 Å². The Balaban J connectivity index is 2.22. The molecule has 2 N–H and O–H groups in total. The van der Waals surface area contributed by atoms with E-state index in [2.05, 4.69) is 4.74 Å². The summed E-state index contributed by atoms with van der Waals surface area (Å²) in [6, 6.07) is 0. The summed E-state index contributed by atoms with van der Waals surface area (Å²) in [4.78, 5) is 23.7. The summed E-state index contributed by atoms with van der Waals surface area (Å²) in [5, 5.41) is 19.4. The van der Waals surface area contributed by atoms with Crippen LogP contribution in [0.4, 0.5) is 0 Å². The highest BCUT2D eigenvalue weighted by Crippen LogP contribution is 2.33. The summed E-state index contributed by atoms with van der Waals surface area (Å²) >= 11 is 0. The van der Waals surface area contributed by atoms with Gasteiger partial charge in [0.15, 0.2) is 5.78 Å². The van der Waals surface area contributed by atoms with Gasteiger partial charge in [-0.1, -0.05) is 6.92 Å². The summed E-state index contributed by atoms with van der Waals surface area (Å²) in [5.41, 5.74) is -1.53. The van der Waals surface area contributed by atoms with Crippen molar-refractivity contribution in [3.8, 4) is 0 Å². The fraction of sp³-hybridized carbons (Fsp3) is 0.692. The van der Waals surface area contributed by atoms with Gasteiger partial charge < -0.3 is 19.7 Å². The fourth-order valence-corrected chi connectivity index (χ4v) is 2.30. The van der Waals surface area contributed by atoms with E-state index < -0.39 is 29.9 Å². The van der Waals surface area contributed by atoms with Gasteiger partial charge in [0.1, 0.15) is 12.7 Å². The van der Waals surface area contributed by atoms with Crippen molar-refractivity contribution in [2.75, 3.05) is 13.2 Å². The van der Waals surface area contributed by atoms with Crippen LogP contribution in [0.1, 0.15) is 20.3 Å². The molecule has 2 fully saturated rings. The first-order chi connectivity index (χ1) is 8.94. The summed E-state index contributed by atoms with van der Waals surface area (Å²) in [7, 11) is 0. The Kier molecular flexibility index (Phi) is 3.75. The summed E-state index contributed by atoms with van der Waals surface area (Å²) in [5.74, 6) is -2.65. The van der Waals surface area contributed by atoms with Crippen LogP contribution >= 0.6 is 0 Å². The highest BCUT2D eigenvalue weighted by molar-refractivity contribution is 6.13. The number of epoxide rings is 1. The summed E-state index contributed by atoms with van der Waals surface area (Å²) in [6.07, 6.45) is 1.78. The zero-order valence-corrected chi connectivity index (χ0v) is 11.0. The Bertz CT molecular complexity index is 429. The predicted octanol–water partition coefficient (Wildman–Crippen LogP) is -0.424. The van der Waals surface area contributed by atoms with Crippen molar-refractivity contribution in [1.29, 1.82) is 0 Å². The van der Waals surface area contributed by atoms with Crippen molar-refractivity contribution in [3.05, 3.63) is 11.6 Å². The van der Waals surface area contributed by atoms with Gasteiger partial charge in [0.05, 0.1) is 18.6 Å². The zero-order chi connectivity index (χ0) is 14.2. The van der Waals surface area contributed by atoms with Crippen molar-refractivity contribution < 1.29 is 29.3 Å². The van der Waals surface area contributed by atoms with E-state index in [9.17, 15) is 14.7 Å². The van der Waals surface area contributed by atoms with Crippen molar-refractivity contribution in [2.24, 2.45) is 5.92 Å². The maximum absolute atomic E-state index is 12.2. The van der Waals surface area contributed by atoms with E-state index in [4.69, 9.17) is 9.84 Å². The molecule has 6 nitrogen and oxygen atoms in total. The minimum Gasteiger partial charge on any atom is -0.463 e. The van der Waals surface area contributed by atoms with Gasteiger partial charge in [0.25, 0.3) is 0 Å². The first-order valence-electron chi connectivity index (χ1n) is 6.35. The zero-order valence-electron chi connectivity index (χ0n) is 11.0. The van der Waals surface area contributed by atoms with Crippen LogP contribution in [-0.2, 0) is 19.1 Å². The third-order valence-corrected chi connectivity index (χ3v) is 3.71. The molecule has 2 unspecified atom stereocenters. The number of esters is 1. The van der Waals surface area contributed by atoms with Crippen LogP contribution in [0.25, 0.3) is 0 Å². The average Bonchev–Trinajstić information content (AvgIpc) is 3.04. The summed E-state index contributed by atoms with van der Waals surface area (Å²) in [6.45, 7) is 3.12. The third-order valence-electron chi connectivity index (χ3n) is 3.71. The Morgan fingerprint density at radius 1 is 1.58 bits per heavy atom.